The number of hydrogen-bond acceptors (Lipinski definition) is 5. The molecule has 4 rings (SSSR count). The number of hydrogen-bond donors (Lipinski definition) is 3. The Morgan fingerprint density at radius 3 is 2.66 bits per heavy atom. The Morgan fingerprint density at radius 2 is 1.97 bits per heavy atom. The minimum absolute atomic E-state index is 0.00870. The van der Waals surface area contributed by atoms with Gasteiger partial charge in [-0.3, -0.25) is 14.5 Å². The molecule has 2 aliphatic heterocycles. The van der Waals surface area contributed by atoms with Gasteiger partial charge in [0.25, 0.3) is 5.91 Å². The highest BCUT2D eigenvalue weighted by Crippen LogP contribution is 2.28. The maximum atomic E-state index is 12.5. The highest BCUT2D eigenvalue weighted by Gasteiger charge is 2.34. The second-order valence-electron chi connectivity index (χ2n) is 7.74. The number of amides is 6. The van der Waals surface area contributed by atoms with Gasteiger partial charge in [0.2, 0.25) is 5.91 Å². The number of carbonyl (C=O) groups is 4. The van der Waals surface area contributed by atoms with Crippen LogP contribution in [0.25, 0.3) is 0 Å². The molecule has 1 unspecified atom stereocenters. The van der Waals surface area contributed by atoms with Gasteiger partial charge >= 0.3 is 12.1 Å². The van der Waals surface area contributed by atoms with E-state index in [1.54, 1.807) is 6.07 Å². The maximum absolute atomic E-state index is 12.5. The summed E-state index contributed by atoms with van der Waals surface area (Å²) in [7, 11) is 1.53. The second-order valence-corrected chi connectivity index (χ2v) is 7.74. The van der Waals surface area contributed by atoms with E-state index in [1.807, 2.05) is 24.3 Å². The van der Waals surface area contributed by atoms with Crippen LogP contribution in [-0.4, -0.2) is 59.9 Å². The number of carbonyl (C=O) groups excluding carboxylic acids is 4. The molecule has 10 heteroatoms. The van der Waals surface area contributed by atoms with Gasteiger partial charge in [0.1, 0.15) is 18.4 Å². The van der Waals surface area contributed by atoms with E-state index in [0.717, 1.165) is 16.2 Å². The molecular weight excluding hydrogens is 414 g/mol. The smallest absolute Gasteiger partial charge is 0.327 e. The van der Waals surface area contributed by atoms with Crippen LogP contribution in [0.2, 0.25) is 0 Å². The quantitative estimate of drug-likeness (QED) is 0.586. The first-order valence-electron chi connectivity index (χ1n) is 10.1. The first-order valence-corrected chi connectivity index (χ1v) is 10.1. The molecule has 2 aromatic rings. The Bertz CT molecular complexity index is 1080. The lowest BCUT2D eigenvalue weighted by molar-refractivity contribution is -0.125. The highest BCUT2D eigenvalue weighted by atomic mass is 16.5. The van der Waals surface area contributed by atoms with Gasteiger partial charge in [-0.05, 0) is 29.3 Å². The van der Waals surface area contributed by atoms with Crippen molar-refractivity contribution in [2.45, 2.75) is 19.1 Å². The average Bonchev–Trinajstić information content (AvgIpc) is 3.28. The van der Waals surface area contributed by atoms with Gasteiger partial charge < -0.3 is 26.0 Å². The predicted molar refractivity (Wildman–Crippen MR) is 115 cm³/mol. The lowest BCUT2D eigenvalue weighted by Gasteiger charge is -2.18. The normalized spacial score (nSPS) is 17.2. The van der Waals surface area contributed by atoms with Crippen LogP contribution in [0, 0.1) is 0 Å². The molecule has 0 aromatic heterocycles. The molecule has 2 heterocycles. The molecule has 4 N–H and O–H groups in total. The SMILES string of the molecule is CN1CC(=O)N(Cc2ccc(C(N)=O)cc2NC(=O)NCC2Cc3ccccc3O2)C1=O. The van der Waals surface area contributed by atoms with E-state index in [9.17, 15) is 19.2 Å². The van der Waals surface area contributed by atoms with Gasteiger partial charge in [-0.1, -0.05) is 24.3 Å². The van der Waals surface area contributed by atoms with Crippen LogP contribution in [0.5, 0.6) is 5.75 Å². The number of nitrogens with one attached hydrogen (secondary N) is 2. The first-order chi connectivity index (χ1) is 15.3. The molecule has 0 aliphatic carbocycles. The molecule has 0 radical (unpaired) electrons. The lowest BCUT2D eigenvalue weighted by atomic mass is 10.1. The van der Waals surface area contributed by atoms with Gasteiger partial charge in [0.05, 0.1) is 13.1 Å². The minimum atomic E-state index is -0.662. The number of likely N-dealkylation sites (N-methyl/N-ethyl adjacent to an activating group) is 1. The summed E-state index contributed by atoms with van der Waals surface area (Å²) in [5.41, 5.74) is 7.41. The van der Waals surface area contributed by atoms with Crippen LogP contribution < -0.4 is 21.1 Å². The predicted octanol–water partition coefficient (Wildman–Crippen LogP) is 1.30. The molecule has 32 heavy (non-hydrogen) atoms. The largest absolute Gasteiger partial charge is 0.488 e. The van der Waals surface area contributed by atoms with Crippen LogP contribution in [0.3, 0.4) is 0 Å². The summed E-state index contributed by atoms with van der Waals surface area (Å²) in [4.78, 5) is 50.9. The minimum Gasteiger partial charge on any atom is -0.488 e. The van der Waals surface area contributed by atoms with Crippen molar-refractivity contribution in [2.75, 3.05) is 25.5 Å². The van der Waals surface area contributed by atoms with Crippen molar-refractivity contribution in [2.24, 2.45) is 5.73 Å². The highest BCUT2D eigenvalue weighted by molar-refractivity contribution is 6.02. The van der Waals surface area contributed by atoms with Gasteiger partial charge in [-0.15, -0.1) is 0 Å². The summed E-state index contributed by atoms with van der Waals surface area (Å²) in [5, 5.41) is 5.44. The van der Waals surface area contributed by atoms with Crippen LogP contribution in [-0.2, 0) is 17.8 Å². The number of rotatable bonds is 6. The Morgan fingerprint density at radius 1 is 1.19 bits per heavy atom. The van der Waals surface area contributed by atoms with Crippen LogP contribution in [0.1, 0.15) is 21.5 Å². The fourth-order valence-corrected chi connectivity index (χ4v) is 3.72. The van der Waals surface area contributed by atoms with Gasteiger partial charge in [-0.25, -0.2) is 9.59 Å². The number of benzene rings is 2. The van der Waals surface area contributed by atoms with E-state index in [2.05, 4.69) is 10.6 Å². The average molecular weight is 437 g/mol. The zero-order chi connectivity index (χ0) is 22.8. The van der Waals surface area contributed by atoms with E-state index in [1.165, 1.54) is 24.1 Å². The van der Waals surface area contributed by atoms with Gasteiger partial charge in [-0.2, -0.15) is 0 Å². The molecule has 0 saturated carbocycles. The lowest BCUT2D eigenvalue weighted by Crippen LogP contribution is -2.37. The number of anilines is 1. The van der Waals surface area contributed by atoms with Crippen molar-refractivity contribution in [3.63, 3.8) is 0 Å². The fraction of sp³-hybridized carbons (Fsp3) is 0.273. The molecule has 6 amide bonds. The van der Waals surface area contributed by atoms with Crippen molar-refractivity contribution in [1.29, 1.82) is 0 Å². The number of ether oxygens (including phenoxy) is 1. The molecule has 1 fully saturated rings. The van der Waals surface area contributed by atoms with Crippen molar-refractivity contribution in [3.05, 3.63) is 59.2 Å². The number of primary amides is 1. The van der Waals surface area contributed by atoms with E-state index >= 15 is 0 Å². The number of nitrogens with two attached hydrogens (primary N) is 1. The Hall–Kier alpha value is -4.08. The van der Waals surface area contributed by atoms with E-state index < -0.39 is 18.0 Å². The molecule has 0 spiro atoms. The van der Waals surface area contributed by atoms with Crippen LogP contribution in [0.15, 0.2) is 42.5 Å². The summed E-state index contributed by atoms with van der Waals surface area (Å²) < 4.78 is 5.81. The maximum Gasteiger partial charge on any atom is 0.327 e. The Labute approximate surface area is 184 Å². The molecule has 1 atom stereocenters. The molecule has 0 bridgehead atoms. The van der Waals surface area contributed by atoms with Crippen molar-refractivity contribution >= 4 is 29.6 Å². The third-order valence-corrected chi connectivity index (χ3v) is 5.41. The fourth-order valence-electron chi connectivity index (χ4n) is 3.72. The number of fused-ring (bicyclic) bond motifs is 1. The number of urea groups is 2. The number of imide groups is 1. The zero-order valence-corrected chi connectivity index (χ0v) is 17.5. The van der Waals surface area contributed by atoms with E-state index in [0.29, 0.717) is 12.0 Å². The summed E-state index contributed by atoms with van der Waals surface area (Å²) in [6.07, 6.45) is 0.496. The monoisotopic (exact) mass is 437 g/mol. The molecule has 166 valence electrons. The van der Waals surface area contributed by atoms with Crippen LogP contribution in [0.4, 0.5) is 15.3 Å². The molecule has 10 nitrogen and oxygen atoms in total. The topological polar surface area (TPSA) is 134 Å². The van der Waals surface area contributed by atoms with Gasteiger partial charge in [0, 0.05) is 24.7 Å². The Kier molecular flexibility index (Phi) is 5.67. The van der Waals surface area contributed by atoms with Crippen molar-refractivity contribution in [3.8, 4) is 5.75 Å². The van der Waals surface area contributed by atoms with E-state index in [4.69, 9.17) is 10.5 Å². The third kappa shape index (κ3) is 4.34. The molecule has 1 saturated heterocycles. The summed E-state index contributed by atoms with van der Waals surface area (Å²) in [6.45, 7) is 0.224. The van der Waals surface area contributed by atoms with Gasteiger partial charge in [0.15, 0.2) is 0 Å². The third-order valence-electron chi connectivity index (χ3n) is 5.41. The second kappa shape index (κ2) is 8.58. The summed E-state index contributed by atoms with van der Waals surface area (Å²) in [5.74, 6) is -0.198. The van der Waals surface area contributed by atoms with E-state index in [-0.39, 0.29) is 42.9 Å². The zero-order valence-electron chi connectivity index (χ0n) is 17.5. The number of nitrogens with zero attached hydrogens (tertiary/aromatic N) is 2. The molecule has 2 aliphatic rings. The van der Waals surface area contributed by atoms with Crippen molar-refractivity contribution < 1.29 is 23.9 Å². The van der Waals surface area contributed by atoms with Crippen molar-refractivity contribution in [1.82, 2.24) is 15.1 Å². The molecule has 2 aromatic carbocycles. The first kappa shape index (κ1) is 21.2. The van der Waals surface area contributed by atoms with Crippen LogP contribution >= 0.6 is 0 Å². The summed E-state index contributed by atoms with van der Waals surface area (Å²) in [6, 6.07) is 11.2. The summed E-state index contributed by atoms with van der Waals surface area (Å²) >= 11 is 0. The standard InChI is InChI=1S/C22H23N5O5/c1-26-12-19(28)27(22(26)31)11-15-7-6-14(20(23)29)9-17(15)25-21(30)24-10-16-8-13-4-2-3-5-18(13)32-16/h2-7,9,16H,8,10-12H2,1H3,(H2,23,29)(H2,24,25,30). The Balaban J connectivity index is 1.43. The number of para-hydroxylation sites is 1. The molecular formula is C22H23N5O5.